The van der Waals surface area contributed by atoms with Gasteiger partial charge in [-0.05, 0) is 26.0 Å². The van der Waals surface area contributed by atoms with E-state index in [-0.39, 0.29) is 13.1 Å². The molecule has 2 aromatic carbocycles. The molecule has 0 spiro atoms. The van der Waals surface area contributed by atoms with Crippen molar-refractivity contribution in [1.82, 2.24) is 20.0 Å². The summed E-state index contributed by atoms with van der Waals surface area (Å²) in [6.07, 6.45) is 0. The lowest BCUT2D eigenvalue weighted by atomic mass is 9.99. The Bertz CT molecular complexity index is 1170. The summed E-state index contributed by atoms with van der Waals surface area (Å²) in [5, 5.41) is 7.20. The molecule has 4 rings (SSSR count). The van der Waals surface area contributed by atoms with Crippen molar-refractivity contribution < 1.29 is 26.7 Å². The number of carbonyl (C=O) groups excluding carboxylic acids is 1. The van der Waals surface area contributed by atoms with Gasteiger partial charge in [0.05, 0.1) is 11.4 Å². The third-order valence-corrected chi connectivity index (χ3v) is 5.60. The first-order valence-corrected chi connectivity index (χ1v) is 9.86. The van der Waals surface area contributed by atoms with Gasteiger partial charge in [-0.2, -0.15) is 5.10 Å². The third-order valence-electron chi connectivity index (χ3n) is 5.60. The first-order chi connectivity index (χ1) is 15.2. The van der Waals surface area contributed by atoms with Crippen molar-refractivity contribution in [3.05, 3.63) is 81.9 Å². The molecular weight excluding hydrogens is 431 g/mol. The highest BCUT2D eigenvalue weighted by Crippen LogP contribution is 2.33. The second-order valence-electron chi connectivity index (χ2n) is 7.54. The van der Waals surface area contributed by atoms with Gasteiger partial charge in [0.15, 0.2) is 23.3 Å². The van der Waals surface area contributed by atoms with Gasteiger partial charge in [0.2, 0.25) is 11.7 Å². The topological polar surface area (TPSA) is 50.2 Å². The standard InChI is InChI=1S/C22H19F5N4O/c1-11-15(12(2)31(29-11)13-6-4-3-5-7-13)21-22(32)28-8-9-30(21)10-14-16(23)18(25)20(27)19(26)17(14)24/h3-7,21H,8-10H2,1-2H3,(H,28,32). The summed E-state index contributed by atoms with van der Waals surface area (Å²) in [4.78, 5) is 14.2. The highest BCUT2D eigenvalue weighted by molar-refractivity contribution is 5.84. The van der Waals surface area contributed by atoms with E-state index in [0.717, 1.165) is 5.69 Å². The Kier molecular flexibility index (Phi) is 5.72. The maximum Gasteiger partial charge on any atom is 0.242 e. The monoisotopic (exact) mass is 450 g/mol. The molecule has 1 fully saturated rings. The number of aromatic nitrogens is 2. The minimum atomic E-state index is -2.22. The molecule has 168 valence electrons. The van der Waals surface area contributed by atoms with Crippen molar-refractivity contribution in [2.24, 2.45) is 0 Å². The van der Waals surface area contributed by atoms with Crippen LogP contribution < -0.4 is 5.32 Å². The molecule has 2 heterocycles. The van der Waals surface area contributed by atoms with E-state index in [9.17, 15) is 26.7 Å². The van der Waals surface area contributed by atoms with Crippen molar-refractivity contribution in [3.63, 3.8) is 0 Å². The molecule has 1 atom stereocenters. The van der Waals surface area contributed by atoms with Gasteiger partial charge in [-0.1, -0.05) is 18.2 Å². The summed E-state index contributed by atoms with van der Waals surface area (Å²) in [7, 11) is 0. The number of hydrogen-bond acceptors (Lipinski definition) is 3. The Morgan fingerprint density at radius 2 is 1.56 bits per heavy atom. The normalized spacial score (nSPS) is 17.0. The van der Waals surface area contributed by atoms with E-state index in [1.165, 1.54) is 4.90 Å². The lowest BCUT2D eigenvalue weighted by Crippen LogP contribution is -2.50. The van der Waals surface area contributed by atoms with Crippen LogP contribution in [0.5, 0.6) is 0 Å². The first kappa shape index (κ1) is 21.9. The van der Waals surface area contributed by atoms with Crippen LogP contribution in [0.4, 0.5) is 22.0 Å². The van der Waals surface area contributed by atoms with Crippen LogP contribution in [0.2, 0.25) is 0 Å². The predicted octanol–water partition coefficient (Wildman–Crippen LogP) is 3.86. The Hall–Kier alpha value is -3.27. The van der Waals surface area contributed by atoms with Crippen LogP contribution in [0.3, 0.4) is 0 Å². The van der Waals surface area contributed by atoms with Gasteiger partial charge in [0.25, 0.3) is 0 Å². The Morgan fingerprint density at radius 1 is 0.969 bits per heavy atom. The molecule has 1 aliphatic heterocycles. The Labute approximate surface area is 180 Å². The zero-order valence-electron chi connectivity index (χ0n) is 17.2. The zero-order valence-corrected chi connectivity index (χ0v) is 17.2. The van der Waals surface area contributed by atoms with Crippen LogP contribution in [0.1, 0.15) is 28.6 Å². The largest absolute Gasteiger partial charge is 0.353 e. The number of rotatable bonds is 4. The van der Waals surface area contributed by atoms with Crippen molar-refractivity contribution in [2.75, 3.05) is 13.1 Å². The van der Waals surface area contributed by atoms with Crippen molar-refractivity contribution in [1.29, 1.82) is 0 Å². The quantitative estimate of drug-likeness (QED) is 0.373. The highest BCUT2D eigenvalue weighted by Gasteiger charge is 2.37. The number of benzene rings is 2. The molecule has 1 N–H and O–H groups in total. The predicted molar refractivity (Wildman–Crippen MR) is 105 cm³/mol. The Morgan fingerprint density at radius 3 is 2.19 bits per heavy atom. The van der Waals surface area contributed by atoms with E-state index in [2.05, 4.69) is 10.4 Å². The minimum absolute atomic E-state index is 0.144. The number of aryl methyl sites for hydroxylation is 1. The molecule has 1 saturated heterocycles. The molecular formula is C22H19F5N4O. The number of halogens is 5. The molecule has 3 aromatic rings. The summed E-state index contributed by atoms with van der Waals surface area (Å²) in [6, 6.07) is 8.14. The van der Waals surface area contributed by atoms with Crippen LogP contribution >= 0.6 is 0 Å². The second kappa shape index (κ2) is 8.34. The molecule has 1 aromatic heterocycles. The number of hydrogen-bond donors (Lipinski definition) is 1. The molecule has 10 heteroatoms. The van der Waals surface area contributed by atoms with Crippen molar-refractivity contribution in [2.45, 2.75) is 26.4 Å². The fourth-order valence-corrected chi connectivity index (χ4v) is 4.06. The van der Waals surface area contributed by atoms with E-state index in [1.54, 1.807) is 18.5 Å². The third kappa shape index (κ3) is 3.54. The van der Waals surface area contributed by atoms with Gasteiger partial charge in [0.1, 0.15) is 6.04 Å². The lowest BCUT2D eigenvalue weighted by Gasteiger charge is -2.35. The number of nitrogens with zero attached hydrogens (tertiary/aromatic N) is 3. The molecule has 0 radical (unpaired) electrons. The van der Waals surface area contributed by atoms with Crippen LogP contribution in [-0.4, -0.2) is 33.7 Å². The maximum atomic E-state index is 14.3. The fraction of sp³-hybridized carbons (Fsp3) is 0.273. The second-order valence-corrected chi connectivity index (χ2v) is 7.54. The fourth-order valence-electron chi connectivity index (χ4n) is 4.06. The zero-order chi connectivity index (χ0) is 23.2. The molecule has 0 bridgehead atoms. The first-order valence-electron chi connectivity index (χ1n) is 9.86. The van der Waals surface area contributed by atoms with E-state index in [4.69, 9.17) is 0 Å². The van der Waals surface area contributed by atoms with Gasteiger partial charge < -0.3 is 5.32 Å². The van der Waals surface area contributed by atoms with E-state index < -0.39 is 53.1 Å². The van der Waals surface area contributed by atoms with E-state index in [1.807, 2.05) is 30.3 Å². The van der Waals surface area contributed by atoms with Gasteiger partial charge >= 0.3 is 0 Å². The summed E-state index contributed by atoms with van der Waals surface area (Å²) in [5.74, 6) is -10.5. The Balaban J connectivity index is 1.78. The van der Waals surface area contributed by atoms with Crippen LogP contribution in [0.25, 0.3) is 5.69 Å². The molecule has 1 aliphatic rings. The smallest absolute Gasteiger partial charge is 0.242 e. The summed E-state index contributed by atoms with van der Waals surface area (Å²) < 4.78 is 71.1. The molecule has 1 amide bonds. The van der Waals surface area contributed by atoms with Crippen LogP contribution in [-0.2, 0) is 11.3 Å². The van der Waals surface area contributed by atoms with Gasteiger partial charge in [-0.25, -0.2) is 26.6 Å². The number of nitrogens with one attached hydrogen (secondary N) is 1. The maximum absolute atomic E-state index is 14.3. The molecule has 0 aliphatic carbocycles. The van der Waals surface area contributed by atoms with E-state index >= 15 is 0 Å². The summed E-state index contributed by atoms with van der Waals surface area (Å²) in [6.45, 7) is 3.11. The minimum Gasteiger partial charge on any atom is -0.353 e. The number of piperazine rings is 1. The van der Waals surface area contributed by atoms with Crippen molar-refractivity contribution in [3.8, 4) is 5.69 Å². The number of carbonyl (C=O) groups is 1. The molecule has 0 saturated carbocycles. The SMILES string of the molecule is Cc1nn(-c2ccccc2)c(C)c1C1C(=O)NCCN1Cc1c(F)c(F)c(F)c(F)c1F. The average Bonchev–Trinajstić information content (AvgIpc) is 3.08. The van der Waals surface area contributed by atoms with Crippen molar-refractivity contribution >= 4 is 5.91 Å². The molecule has 1 unspecified atom stereocenters. The molecule has 5 nitrogen and oxygen atoms in total. The van der Waals surface area contributed by atoms with E-state index in [0.29, 0.717) is 17.0 Å². The van der Waals surface area contributed by atoms with Crippen LogP contribution in [0, 0.1) is 42.9 Å². The summed E-state index contributed by atoms with van der Waals surface area (Å²) >= 11 is 0. The number of para-hydroxylation sites is 1. The van der Waals surface area contributed by atoms with Crippen LogP contribution in [0.15, 0.2) is 30.3 Å². The average molecular weight is 450 g/mol. The summed E-state index contributed by atoms with van der Waals surface area (Å²) in [5.41, 5.74) is 1.41. The van der Waals surface area contributed by atoms with Gasteiger partial charge in [0, 0.05) is 36.5 Å². The number of amides is 1. The van der Waals surface area contributed by atoms with Gasteiger partial charge in [-0.15, -0.1) is 0 Å². The van der Waals surface area contributed by atoms with Gasteiger partial charge in [-0.3, -0.25) is 9.69 Å². The molecule has 32 heavy (non-hydrogen) atoms. The lowest BCUT2D eigenvalue weighted by molar-refractivity contribution is -0.129. The highest BCUT2D eigenvalue weighted by atomic mass is 19.2.